The Kier molecular flexibility index (Phi) is 4.25. The van der Waals surface area contributed by atoms with Gasteiger partial charge in [-0.15, -0.1) is 0 Å². The number of carboxylic acid groups (broad SMARTS) is 1. The Hall–Kier alpha value is -1.60. The van der Waals surface area contributed by atoms with Crippen molar-refractivity contribution in [2.45, 2.75) is 63.8 Å². The molecule has 0 radical (unpaired) electrons. The summed E-state index contributed by atoms with van der Waals surface area (Å²) in [5.41, 5.74) is 4.50. The zero-order valence-electron chi connectivity index (χ0n) is 12.4. The van der Waals surface area contributed by atoms with E-state index in [0.29, 0.717) is 12.0 Å². The van der Waals surface area contributed by atoms with Gasteiger partial charge in [-0.3, -0.25) is 0 Å². The van der Waals surface area contributed by atoms with Crippen LogP contribution in [0, 0.1) is 0 Å². The largest absolute Gasteiger partial charge is 0.479 e. The van der Waals surface area contributed by atoms with Crippen molar-refractivity contribution in [1.82, 2.24) is 4.90 Å². The first-order chi connectivity index (χ1) is 9.90. The van der Waals surface area contributed by atoms with Crippen molar-refractivity contribution in [3.05, 3.63) is 11.6 Å². The molecule has 2 rings (SSSR count). The van der Waals surface area contributed by atoms with Crippen LogP contribution in [0.5, 0.6) is 0 Å². The van der Waals surface area contributed by atoms with E-state index in [9.17, 15) is 14.7 Å². The first-order valence-electron chi connectivity index (χ1n) is 7.28. The summed E-state index contributed by atoms with van der Waals surface area (Å²) >= 11 is 0. The number of hydrogen-bond donors (Lipinski definition) is 2. The second kappa shape index (κ2) is 5.65. The van der Waals surface area contributed by atoms with Crippen molar-refractivity contribution >= 4 is 12.0 Å². The Morgan fingerprint density at radius 2 is 2.00 bits per heavy atom. The maximum absolute atomic E-state index is 11.9. The maximum Gasteiger partial charge on any atom is 0.334 e. The summed E-state index contributed by atoms with van der Waals surface area (Å²) in [4.78, 5) is 34.4. The van der Waals surface area contributed by atoms with Crippen molar-refractivity contribution < 1.29 is 24.5 Å². The van der Waals surface area contributed by atoms with Crippen molar-refractivity contribution in [3.8, 4) is 0 Å². The Morgan fingerprint density at radius 1 is 1.33 bits per heavy atom. The molecule has 0 unspecified atom stereocenters. The van der Waals surface area contributed by atoms with Crippen molar-refractivity contribution in [3.63, 3.8) is 0 Å². The summed E-state index contributed by atoms with van der Waals surface area (Å²) in [6.45, 7) is 3.82. The van der Waals surface area contributed by atoms with Gasteiger partial charge in [-0.2, -0.15) is 9.78 Å². The highest BCUT2D eigenvalue weighted by Crippen LogP contribution is 2.53. The van der Waals surface area contributed by atoms with Crippen LogP contribution in [0.4, 0.5) is 4.79 Å². The van der Waals surface area contributed by atoms with Gasteiger partial charge in [0.25, 0.3) is 0 Å². The molecule has 7 nitrogen and oxygen atoms in total. The monoisotopic (exact) mass is 298 g/mol. The lowest BCUT2D eigenvalue weighted by Crippen LogP contribution is -2.59. The fourth-order valence-electron chi connectivity index (χ4n) is 3.04. The second-order valence-electron chi connectivity index (χ2n) is 5.60. The highest BCUT2D eigenvalue weighted by Gasteiger charge is 2.71. The van der Waals surface area contributed by atoms with Crippen LogP contribution in [-0.2, 0) is 14.6 Å². The van der Waals surface area contributed by atoms with E-state index in [1.807, 2.05) is 6.08 Å². The van der Waals surface area contributed by atoms with Crippen LogP contribution in [-0.4, -0.2) is 33.5 Å². The number of carbonyl (C=O) groups excluding carboxylic acids is 1. The molecule has 7 heteroatoms. The number of nitrogens with zero attached hydrogens (tertiary/aromatic N) is 1. The molecule has 0 aromatic rings. The molecule has 2 fully saturated rings. The lowest BCUT2D eigenvalue weighted by atomic mass is 9.87. The third-order valence-corrected chi connectivity index (χ3v) is 4.29. The summed E-state index contributed by atoms with van der Waals surface area (Å²) in [7, 11) is 0. The number of aliphatic carboxylic acids is 1. The molecule has 2 amide bonds. The van der Waals surface area contributed by atoms with Gasteiger partial charge in [0.15, 0.2) is 5.54 Å². The lowest BCUT2D eigenvalue weighted by molar-refractivity contribution is -0.147. The number of carboxylic acids is 1. The first kappa shape index (κ1) is 15.8. The van der Waals surface area contributed by atoms with E-state index >= 15 is 0 Å². The summed E-state index contributed by atoms with van der Waals surface area (Å²) < 4.78 is 0. The smallest absolute Gasteiger partial charge is 0.334 e. The van der Waals surface area contributed by atoms with Crippen LogP contribution < -0.4 is 5.73 Å². The Bertz CT molecular complexity index is 472. The average Bonchev–Trinajstić information content (AvgIpc) is 3.08. The van der Waals surface area contributed by atoms with Crippen LogP contribution >= 0.6 is 0 Å². The van der Waals surface area contributed by atoms with E-state index < -0.39 is 23.5 Å². The fraction of sp³-hybridized carbons (Fsp3) is 0.714. The molecular weight excluding hydrogens is 276 g/mol. The predicted molar refractivity (Wildman–Crippen MR) is 73.8 cm³/mol. The molecule has 3 N–H and O–H groups in total. The Morgan fingerprint density at radius 3 is 2.48 bits per heavy atom. The minimum atomic E-state index is -1.48. The lowest BCUT2D eigenvalue weighted by Gasteiger charge is -2.34. The average molecular weight is 298 g/mol. The molecule has 0 bridgehead atoms. The summed E-state index contributed by atoms with van der Waals surface area (Å²) in [5, 5.41) is 9.71. The van der Waals surface area contributed by atoms with E-state index in [1.54, 1.807) is 6.92 Å². The van der Waals surface area contributed by atoms with E-state index in [0.717, 1.165) is 30.6 Å². The molecule has 0 aromatic heterocycles. The standard InChI is InChI=1S/C14H22N2O5/c1-3-4-5-6-7-10(2)13(11(17)18)8-9-14(20-21-14)16(13)12(15)19/h7H,3-6,8-9H2,1-2H3,(H2,15,19)(H,17,18)/t13-/m0/s1. The van der Waals surface area contributed by atoms with Crippen molar-refractivity contribution in [1.29, 1.82) is 0 Å². The van der Waals surface area contributed by atoms with E-state index in [1.165, 1.54) is 0 Å². The zero-order chi connectivity index (χ0) is 15.7. The molecule has 1 spiro atoms. The van der Waals surface area contributed by atoms with Crippen molar-refractivity contribution in [2.24, 2.45) is 5.73 Å². The number of carbonyl (C=O) groups is 2. The SMILES string of the molecule is CCCCCC=C(C)[C@]1(C(=O)O)CCC2(OO2)N1C(N)=O. The number of allylic oxidation sites excluding steroid dienone is 1. The number of hydrogen-bond acceptors (Lipinski definition) is 4. The highest BCUT2D eigenvalue weighted by molar-refractivity contribution is 5.90. The predicted octanol–water partition coefficient (Wildman–Crippen LogP) is 2.13. The van der Waals surface area contributed by atoms with Crippen LogP contribution in [0.3, 0.4) is 0 Å². The van der Waals surface area contributed by atoms with Gasteiger partial charge in [-0.1, -0.05) is 25.8 Å². The number of unbranched alkanes of at least 4 members (excludes halogenated alkanes) is 3. The number of likely N-dealkylation sites (tertiary alicyclic amines) is 1. The normalized spacial score (nSPS) is 27.1. The number of rotatable bonds is 6. The number of nitrogens with two attached hydrogens (primary N) is 1. The van der Waals surface area contributed by atoms with Crippen LogP contribution in [0.25, 0.3) is 0 Å². The maximum atomic E-state index is 11.9. The first-order valence-corrected chi connectivity index (χ1v) is 7.28. The van der Waals surface area contributed by atoms with Gasteiger partial charge < -0.3 is 10.8 Å². The highest BCUT2D eigenvalue weighted by atomic mass is 17.4. The van der Waals surface area contributed by atoms with E-state index in [-0.39, 0.29) is 6.42 Å². The molecule has 2 heterocycles. The number of primary amides is 1. The summed E-state index contributed by atoms with van der Waals surface area (Å²) in [6.07, 6.45) is 6.33. The van der Waals surface area contributed by atoms with Gasteiger partial charge in [-0.05, 0) is 31.8 Å². The Balaban J connectivity index is 2.28. The van der Waals surface area contributed by atoms with Gasteiger partial charge in [0.2, 0.25) is 0 Å². The molecule has 118 valence electrons. The Labute approximate surface area is 123 Å². The van der Waals surface area contributed by atoms with Gasteiger partial charge in [0, 0.05) is 6.42 Å². The summed E-state index contributed by atoms with van der Waals surface area (Å²) in [5.74, 6) is -2.40. The molecule has 1 atom stereocenters. The topological polar surface area (TPSA) is 109 Å². The molecular formula is C14H22N2O5. The van der Waals surface area contributed by atoms with Gasteiger partial charge in [0.1, 0.15) is 0 Å². The quantitative estimate of drug-likeness (QED) is 0.338. The fourth-order valence-corrected chi connectivity index (χ4v) is 3.04. The molecule has 2 aliphatic rings. The molecule has 0 saturated carbocycles. The van der Waals surface area contributed by atoms with Gasteiger partial charge >= 0.3 is 17.9 Å². The minimum absolute atomic E-state index is 0.224. The zero-order valence-corrected chi connectivity index (χ0v) is 12.4. The van der Waals surface area contributed by atoms with Crippen molar-refractivity contribution in [2.75, 3.05) is 0 Å². The second-order valence-corrected chi connectivity index (χ2v) is 5.60. The molecule has 21 heavy (non-hydrogen) atoms. The molecule has 0 aliphatic carbocycles. The third kappa shape index (κ3) is 2.51. The number of amides is 2. The molecule has 2 saturated heterocycles. The van der Waals surface area contributed by atoms with Crippen LogP contribution in [0.2, 0.25) is 0 Å². The van der Waals surface area contributed by atoms with Gasteiger partial charge in [-0.25, -0.2) is 14.5 Å². The summed E-state index contributed by atoms with van der Waals surface area (Å²) in [6, 6.07) is -0.853. The van der Waals surface area contributed by atoms with E-state index in [2.05, 4.69) is 6.92 Å². The van der Waals surface area contributed by atoms with Gasteiger partial charge in [0.05, 0.1) is 0 Å². The third-order valence-electron chi connectivity index (χ3n) is 4.29. The number of urea groups is 1. The minimum Gasteiger partial charge on any atom is -0.479 e. The van der Waals surface area contributed by atoms with Crippen LogP contribution in [0.15, 0.2) is 11.6 Å². The molecule has 0 aromatic carbocycles. The van der Waals surface area contributed by atoms with Crippen LogP contribution in [0.1, 0.15) is 52.4 Å². The van der Waals surface area contributed by atoms with E-state index in [4.69, 9.17) is 15.5 Å². The molecule has 2 aliphatic heterocycles.